The summed E-state index contributed by atoms with van der Waals surface area (Å²) in [6, 6.07) is 4.94. The smallest absolute Gasteiger partial charge is 0.336 e. The molecule has 26 heavy (non-hydrogen) atoms. The van der Waals surface area contributed by atoms with Gasteiger partial charge in [0.2, 0.25) is 0 Å². The summed E-state index contributed by atoms with van der Waals surface area (Å²) in [6.07, 6.45) is 0. The number of benzene rings is 1. The van der Waals surface area contributed by atoms with Crippen molar-refractivity contribution in [2.24, 2.45) is 0 Å². The van der Waals surface area contributed by atoms with Crippen molar-refractivity contribution >= 4 is 35.1 Å². The van der Waals surface area contributed by atoms with E-state index >= 15 is 0 Å². The zero-order valence-electron chi connectivity index (χ0n) is 15.1. The van der Waals surface area contributed by atoms with Gasteiger partial charge in [-0.15, -0.1) is 0 Å². The second-order valence-corrected chi connectivity index (χ2v) is 6.59. The first-order chi connectivity index (χ1) is 12.3. The summed E-state index contributed by atoms with van der Waals surface area (Å²) in [6.45, 7) is 7.37. The molecule has 0 fully saturated rings. The van der Waals surface area contributed by atoms with Crippen LogP contribution < -0.4 is 5.32 Å². The minimum absolute atomic E-state index is 0.211. The van der Waals surface area contributed by atoms with Crippen molar-refractivity contribution in [2.75, 3.05) is 13.2 Å². The molecule has 1 aromatic carbocycles. The van der Waals surface area contributed by atoms with Crippen LogP contribution in [0.1, 0.15) is 39.2 Å². The lowest BCUT2D eigenvalue weighted by Gasteiger charge is -2.31. The molecule has 2 rings (SSSR count). The van der Waals surface area contributed by atoms with Crippen molar-refractivity contribution in [3.63, 3.8) is 0 Å². The van der Waals surface area contributed by atoms with Crippen LogP contribution in [0.3, 0.4) is 0 Å². The number of dihydropyridines is 1. The topological polar surface area (TPSA) is 64.6 Å². The summed E-state index contributed by atoms with van der Waals surface area (Å²) in [5, 5.41) is 3.92. The van der Waals surface area contributed by atoms with Gasteiger partial charge in [0.25, 0.3) is 0 Å². The maximum Gasteiger partial charge on any atom is 0.336 e. The Balaban J connectivity index is 2.71. The van der Waals surface area contributed by atoms with Crippen molar-refractivity contribution in [1.82, 2.24) is 5.32 Å². The van der Waals surface area contributed by atoms with Gasteiger partial charge in [-0.1, -0.05) is 23.2 Å². The van der Waals surface area contributed by atoms with Crippen molar-refractivity contribution in [3.05, 3.63) is 56.3 Å². The predicted molar refractivity (Wildman–Crippen MR) is 101 cm³/mol. The molecule has 0 spiro atoms. The number of allylic oxidation sites excluding steroid dienone is 2. The summed E-state index contributed by atoms with van der Waals surface area (Å²) < 4.78 is 10.4. The number of carbonyl (C=O) groups is 2. The molecule has 0 bridgehead atoms. The maximum absolute atomic E-state index is 12.7. The minimum atomic E-state index is -0.736. The zero-order valence-corrected chi connectivity index (χ0v) is 16.6. The second kappa shape index (κ2) is 8.60. The van der Waals surface area contributed by atoms with Gasteiger partial charge in [0.05, 0.1) is 30.3 Å². The van der Waals surface area contributed by atoms with Crippen LogP contribution >= 0.6 is 23.2 Å². The molecule has 1 aromatic rings. The molecule has 0 aromatic heterocycles. The highest BCUT2D eigenvalue weighted by Crippen LogP contribution is 2.42. The van der Waals surface area contributed by atoms with E-state index in [1.165, 1.54) is 0 Å². The first-order valence-corrected chi connectivity index (χ1v) is 9.05. The SMILES string of the molecule is CCOC(=O)C1=C(C)NC(C)=C(C(=O)OCC)C1c1cc(Cl)ccc1Cl. The molecule has 0 saturated carbocycles. The standard InChI is InChI=1S/C19H21Cl2NO4/c1-5-25-18(23)15-10(3)22-11(4)16(19(24)26-6-2)17(15)13-9-12(20)7-8-14(13)21/h7-9,17,22H,5-6H2,1-4H3. The third-order valence-corrected chi connectivity index (χ3v) is 4.60. The number of ether oxygens (including phenoxy) is 2. The average Bonchev–Trinajstić information content (AvgIpc) is 2.56. The lowest BCUT2D eigenvalue weighted by Crippen LogP contribution is -2.32. The highest BCUT2D eigenvalue weighted by atomic mass is 35.5. The van der Waals surface area contributed by atoms with E-state index in [9.17, 15) is 9.59 Å². The first kappa shape index (κ1) is 20.3. The Morgan fingerprint density at radius 3 is 1.96 bits per heavy atom. The summed E-state index contributed by atoms with van der Waals surface area (Å²) >= 11 is 12.5. The molecular formula is C19H21Cl2NO4. The average molecular weight is 398 g/mol. The Bertz CT molecular complexity index is 759. The van der Waals surface area contributed by atoms with Gasteiger partial charge in [0, 0.05) is 21.4 Å². The van der Waals surface area contributed by atoms with Crippen LogP contribution in [0.5, 0.6) is 0 Å². The van der Waals surface area contributed by atoms with Gasteiger partial charge in [0.1, 0.15) is 0 Å². The molecule has 140 valence electrons. The lowest BCUT2D eigenvalue weighted by atomic mass is 9.80. The van der Waals surface area contributed by atoms with Gasteiger partial charge in [-0.05, 0) is 51.5 Å². The quantitative estimate of drug-likeness (QED) is 0.747. The summed E-state index contributed by atoms with van der Waals surface area (Å²) in [5.41, 5.74) is 2.35. The fraction of sp³-hybridized carbons (Fsp3) is 0.368. The molecule has 5 nitrogen and oxygen atoms in total. The van der Waals surface area contributed by atoms with Crippen molar-refractivity contribution < 1.29 is 19.1 Å². The molecule has 0 radical (unpaired) electrons. The normalized spacial score (nSPS) is 15.0. The largest absolute Gasteiger partial charge is 0.463 e. The maximum atomic E-state index is 12.7. The highest BCUT2D eigenvalue weighted by Gasteiger charge is 2.38. The molecule has 0 saturated heterocycles. The van der Waals surface area contributed by atoms with Crippen LogP contribution in [-0.2, 0) is 19.1 Å². The van der Waals surface area contributed by atoms with E-state index in [4.69, 9.17) is 32.7 Å². The Morgan fingerprint density at radius 1 is 1.00 bits per heavy atom. The number of halogens is 2. The molecule has 1 heterocycles. The van der Waals surface area contributed by atoms with Gasteiger partial charge < -0.3 is 14.8 Å². The molecule has 1 aliphatic heterocycles. The van der Waals surface area contributed by atoms with Crippen LogP contribution in [0, 0.1) is 0 Å². The van der Waals surface area contributed by atoms with Crippen LogP contribution in [0.25, 0.3) is 0 Å². The van der Waals surface area contributed by atoms with Crippen molar-refractivity contribution in [1.29, 1.82) is 0 Å². The number of carbonyl (C=O) groups excluding carboxylic acids is 2. The Kier molecular flexibility index (Phi) is 6.73. The Morgan fingerprint density at radius 2 is 1.50 bits per heavy atom. The summed E-state index contributed by atoms with van der Waals surface area (Å²) in [7, 11) is 0. The van der Waals surface area contributed by atoms with E-state index in [1.54, 1.807) is 45.9 Å². The Hall–Kier alpha value is -1.98. The monoisotopic (exact) mass is 397 g/mol. The van der Waals surface area contributed by atoms with Crippen LogP contribution in [-0.4, -0.2) is 25.2 Å². The molecule has 1 N–H and O–H groups in total. The summed E-state index contributed by atoms with van der Waals surface area (Å²) in [4.78, 5) is 25.3. The molecule has 0 aliphatic carbocycles. The van der Waals surface area contributed by atoms with E-state index in [2.05, 4.69) is 5.32 Å². The number of hydrogen-bond donors (Lipinski definition) is 1. The predicted octanol–water partition coefficient (Wildman–Crippen LogP) is 4.35. The van der Waals surface area contributed by atoms with Crippen molar-refractivity contribution in [3.8, 4) is 0 Å². The number of nitrogens with one attached hydrogen (secondary N) is 1. The van der Waals surface area contributed by atoms with Crippen molar-refractivity contribution in [2.45, 2.75) is 33.6 Å². The molecule has 0 atom stereocenters. The van der Waals surface area contributed by atoms with Gasteiger partial charge >= 0.3 is 11.9 Å². The van der Waals surface area contributed by atoms with Gasteiger partial charge in [-0.2, -0.15) is 0 Å². The van der Waals surface area contributed by atoms with E-state index in [0.717, 1.165) is 0 Å². The Labute approximate surface area is 162 Å². The molecule has 0 amide bonds. The zero-order chi connectivity index (χ0) is 19.4. The molecular weight excluding hydrogens is 377 g/mol. The van der Waals surface area contributed by atoms with E-state index in [0.29, 0.717) is 38.1 Å². The van der Waals surface area contributed by atoms with Crippen LogP contribution in [0.2, 0.25) is 10.0 Å². The van der Waals surface area contributed by atoms with Crippen LogP contribution in [0.15, 0.2) is 40.7 Å². The van der Waals surface area contributed by atoms with Gasteiger partial charge in [0.15, 0.2) is 0 Å². The molecule has 0 unspecified atom stereocenters. The number of hydrogen-bond acceptors (Lipinski definition) is 5. The third-order valence-electron chi connectivity index (χ3n) is 4.02. The fourth-order valence-electron chi connectivity index (χ4n) is 3.00. The molecule has 1 aliphatic rings. The van der Waals surface area contributed by atoms with E-state index in [1.807, 2.05) is 0 Å². The van der Waals surface area contributed by atoms with Gasteiger partial charge in [-0.3, -0.25) is 0 Å². The minimum Gasteiger partial charge on any atom is -0.463 e. The third kappa shape index (κ3) is 4.05. The van der Waals surface area contributed by atoms with E-state index in [-0.39, 0.29) is 13.2 Å². The van der Waals surface area contributed by atoms with Gasteiger partial charge in [-0.25, -0.2) is 9.59 Å². The first-order valence-electron chi connectivity index (χ1n) is 8.29. The second-order valence-electron chi connectivity index (χ2n) is 5.74. The lowest BCUT2D eigenvalue weighted by molar-refractivity contribution is -0.139. The highest BCUT2D eigenvalue weighted by molar-refractivity contribution is 6.33. The summed E-state index contributed by atoms with van der Waals surface area (Å²) in [5.74, 6) is -1.78. The number of esters is 2. The van der Waals surface area contributed by atoms with E-state index < -0.39 is 17.9 Å². The fourth-order valence-corrected chi connectivity index (χ4v) is 3.41. The molecule has 7 heteroatoms. The van der Waals surface area contributed by atoms with Crippen LogP contribution in [0.4, 0.5) is 0 Å². The number of rotatable bonds is 5.